The van der Waals surface area contributed by atoms with Crippen LogP contribution in [0.15, 0.2) is 71.6 Å². The predicted octanol–water partition coefficient (Wildman–Crippen LogP) is 3.86. The highest BCUT2D eigenvalue weighted by atomic mass is 32.2. The zero-order valence-electron chi connectivity index (χ0n) is 14.7. The van der Waals surface area contributed by atoms with Crippen molar-refractivity contribution in [3.8, 4) is 5.75 Å². The lowest BCUT2D eigenvalue weighted by Gasteiger charge is -2.11. The Balaban J connectivity index is 1.72. The van der Waals surface area contributed by atoms with Gasteiger partial charge in [-0.3, -0.25) is 4.79 Å². The molecule has 0 fully saturated rings. The first-order chi connectivity index (χ1) is 13.0. The number of rotatable bonds is 8. The van der Waals surface area contributed by atoms with Crippen LogP contribution in [-0.2, 0) is 16.6 Å². The van der Waals surface area contributed by atoms with Crippen molar-refractivity contribution < 1.29 is 17.9 Å². The van der Waals surface area contributed by atoms with Crippen molar-refractivity contribution in [2.75, 3.05) is 6.61 Å². The number of ether oxygens (including phenoxy) is 1. The Hall–Kier alpha value is -2.48. The van der Waals surface area contributed by atoms with Crippen molar-refractivity contribution in [2.45, 2.75) is 18.4 Å². The number of carbonyl (C=O) groups excluding carboxylic acids is 1. The Morgan fingerprint density at radius 2 is 1.70 bits per heavy atom. The summed E-state index contributed by atoms with van der Waals surface area (Å²) in [6, 6.07) is 19.0. The van der Waals surface area contributed by atoms with Gasteiger partial charge in [-0.15, -0.1) is 11.3 Å². The summed E-state index contributed by atoms with van der Waals surface area (Å²) in [6.07, 6.45) is 0. The van der Waals surface area contributed by atoms with Gasteiger partial charge in [0.1, 0.15) is 10.6 Å². The zero-order chi connectivity index (χ0) is 19.3. The monoisotopic (exact) mass is 401 g/mol. The smallest absolute Gasteiger partial charge is 0.244 e. The van der Waals surface area contributed by atoms with E-state index in [2.05, 4.69) is 4.72 Å². The van der Waals surface area contributed by atoms with Gasteiger partial charge in [0.15, 0.2) is 0 Å². The first-order valence-corrected chi connectivity index (χ1v) is 10.7. The van der Waals surface area contributed by atoms with E-state index in [0.717, 1.165) is 4.88 Å². The zero-order valence-corrected chi connectivity index (χ0v) is 16.3. The van der Waals surface area contributed by atoms with E-state index in [0.29, 0.717) is 22.8 Å². The molecule has 0 aliphatic carbocycles. The topological polar surface area (TPSA) is 72.5 Å². The molecule has 0 amide bonds. The summed E-state index contributed by atoms with van der Waals surface area (Å²) in [6.45, 7) is 2.28. The van der Waals surface area contributed by atoms with Crippen LogP contribution in [0.1, 0.15) is 27.0 Å². The number of hydrogen-bond acceptors (Lipinski definition) is 5. The minimum atomic E-state index is -3.73. The second-order valence-electron chi connectivity index (χ2n) is 5.67. The molecule has 2 aromatic carbocycles. The first-order valence-electron chi connectivity index (χ1n) is 8.41. The third kappa shape index (κ3) is 4.63. The summed E-state index contributed by atoms with van der Waals surface area (Å²) in [5, 5.41) is 0. The summed E-state index contributed by atoms with van der Waals surface area (Å²) in [5.41, 5.74) is 0.608. The van der Waals surface area contributed by atoms with Crippen LogP contribution in [0.3, 0.4) is 0 Å². The molecule has 7 heteroatoms. The number of carbonyl (C=O) groups is 1. The Morgan fingerprint density at radius 3 is 2.44 bits per heavy atom. The summed E-state index contributed by atoms with van der Waals surface area (Å²) in [7, 11) is -3.73. The Labute approximate surface area is 162 Å². The molecular formula is C20H19NO4S2. The summed E-state index contributed by atoms with van der Waals surface area (Å²) >= 11 is 1.28. The van der Waals surface area contributed by atoms with E-state index in [1.807, 2.05) is 18.2 Å². The van der Waals surface area contributed by atoms with Gasteiger partial charge in [-0.05, 0) is 31.2 Å². The maximum Gasteiger partial charge on any atom is 0.244 e. The SMILES string of the molecule is CCOc1ccccc1S(=O)(=O)NCc1ccc(C(=O)c2ccccc2)s1. The molecule has 140 valence electrons. The minimum Gasteiger partial charge on any atom is -0.492 e. The molecule has 1 N–H and O–H groups in total. The van der Waals surface area contributed by atoms with Gasteiger partial charge in [0.25, 0.3) is 0 Å². The van der Waals surface area contributed by atoms with Crippen molar-refractivity contribution in [1.29, 1.82) is 0 Å². The van der Waals surface area contributed by atoms with Crippen molar-refractivity contribution in [2.24, 2.45) is 0 Å². The Bertz CT molecular complexity index is 1030. The van der Waals surface area contributed by atoms with Crippen LogP contribution in [0.4, 0.5) is 0 Å². The lowest BCUT2D eigenvalue weighted by Crippen LogP contribution is -2.23. The lowest BCUT2D eigenvalue weighted by atomic mass is 10.1. The largest absolute Gasteiger partial charge is 0.492 e. The van der Waals surface area contributed by atoms with Crippen LogP contribution in [0.5, 0.6) is 5.75 Å². The molecule has 0 radical (unpaired) electrons. The molecular weight excluding hydrogens is 382 g/mol. The predicted molar refractivity (Wildman–Crippen MR) is 106 cm³/mol. The van der Waals surface area contributed by atoms with Crippen molar-refractivity contribution >= 4 is 27.1 Å². The van der Waals surface area contributed by atoms with Crippen molar-refractivity contribution in [3.05, 3.63) is 82.0 Å². The number of benzene rings is 2. The van der Waals surface area contributed by atoms with E-state index >= 15 is 0 Å². The van der Waals surface area contributed by atoms with Gasteiger partial charge in [0.05, 0.1) is 11.5 Å². The molecule has 0 aliphatic heterocycles. The number of ketones is 1. The molecule has 27 heavy (non-hydrogen) atoms. The molecule has 3 rings (SSSR count). The van der Waals surface area contributed by atoms with Crippen LogP contribution >= 0.6 is 11.3 Å². The Morgan fingerprint density at radius 1 is 1.00 bits per heavy atom. The molecule has 0 unspecified atom stereocenters. The summed E-state index contributed by atoms with van der Waals surface area (Å²) in [5.74, 6) is 0.245. The van der Waals surface area contributed by atoms with Gasteiger partial charge in [0, 0.05) is 17.0 Å². The lowest BCUT2D eigenvalue weighted by molar-refractivity contribution is 0.104. The average Bonchev–Trinajstić information content (AvgIpc) is 3.16. The quantitative estimate of drug-likeness (QED) is 0.582. The van der Waals surface area contributed by atoms with E-state index in [1.54, 1.807) is 49.4 Å². The van der Waals surface area contributed by atoms with E-state index in [4.69, 9.17) is 4.74 Å². The molecule has 0 aliphatic rings. The first kappa shape index (κ1) is 19.3. The number of para-hydroxylation sites is 1. The fourth-order valence-corrected chi connectivity index (χ4v) is 4.67. The molecule has 1 aromatic heterocycles. The number of nitrogens with one attached hydrogen (secondary N) is 1. The molecule has 5 nitrogen and oxygen atoms in total. The molecule has 0 spiro atoms. The summed E-state index contributed by atoms with van der Waals surface area (Å²) < 4.78 is 33.2. The second-order valence-corrected chi connectivity index (χ2v) is 8.57. The van der Waals surface area contributed by atoms with Crippen molar-refractivity contribution in [3.63, 3.8) is 0 Å². The van der Waals surface area contributed by atoms with E-state index < -0.39 is 10.0 Å². The normalized spacial score (nSPS) is 11.3. The van der Waals surface area contributed by atoms with Crippen LogP contribution in [0.2, 0.25) is 0 Å². The highest BCUT2D eigenvalue weighted by molar-refractivity contribution is 7.89. The fourth-order valence-electron chi connectivity index (χ4n) is 2.52. The minimum absolute atomic E-state index is 0.0728. The fraction of sp³-hybridized carbons (Fsp3) is 0.150. The molecule has 1 heterocycles. The second kappa shape index (κ2) is 8.47. The van der Waals surface area contributed by atoms with Gasteiger partial charge < -0.3 is 4.74 Å². The highest BCUT2D eigenvalue weighted by Gasteiger charge is 2.19. The third-order valence-electron chi connectivity index (χ3n) is 3.80. The standard InChI is InChI=1S/C20H19NO4S2/c1-2-25-17-10-6-7-11-19(17)27(23,24)21-14-16-12-13-18(26-16)20(22)15-8-4-3-5-9-15/h3-13,21H,2,14H2,1H3. The van der Waals surface area contributed by atoms with Crippen LogP contribution in [-0.4, -0.2) is 20.8 Å². The van der Waals surface area contributed by atoms with Crippen LogP contribution in [0.25, 0.3) is 0 Å². The average molecular weight is 402 g/mol. The number of thiophene rings is 1. The number of hydrogen-bond donors (Lipinski definition) is 1. The highest BCUT2D eigenvalue weighted by Crippen LogP contribution is 2.24. The molecule has 3 aromatic rings. The van der Waals surface area contributed by atoms with E-state index in [9.17, 15) is 13.2 Å². The van der Waals surface area contributed by atoms with Gasteiger partial charge in [-0.2, -0.15) is 0 Å². The molecule has 0 saturated carbocycles. The molecule has 0 bridgehead atoms. The van der Waals surface area contributed by atoms with E-state index in [1.165, 1.54) is 17.4 Å². The maximum atomic E-state index is 12.6. The van der Waals surface area contributed by atoms with Gasteiger partial charge in [-0.1, -0.05) is 42.5 Å². The Kier molecular flexibility index (Phi) is 6.05. The van der Waals surface area contributed by atoms with Gasteiger partial charge >= 0.3 is 0 Å². The van der Waals surface area contributed by atoms with Crippen molar-refractivity contribution in [1.82, 2.24) is 4.72 Å². The molecule has 0 atom stereocenters. The van der Waals surface area contributed by atoms with Crippen LogP contribution in [0, 0.1) is 0 Å². The van der Waals surface area contributed by atoms with Crippen LogP contribution < -0.4 is 9.46 Å². The van der Waals surface area contributed by atoms with Gasteiger partial charge in [-0.25, -0.2) is 13.1 Å². The molecule has 0 saturated heterocycles. The van der Waals surface area contributed by atoms with E-state index in [-0.39, 0.29) is 17.2 Å². The summed E-state index contributed by atoms with van der Waals surface area (Å²) in [4.78, 5) is 13.9. The maximum absolute atomic E-state index is 12.6. The third-order valence-corrected chi connectivity index (χ3v) is 6.32. The number of sulfonamides is 1. The van der Waals surface area contributed by atoms with Gasteiger partial charge in [0.2, 0.25) is 15.8 Å².